The third-order valence-electron chi connectivity index (χ3n) is 6.61. The van der Waals surface area contributed by atoms with Gasteiger partial charge in [0.2, 0.25) is 11.8 Å². The lowest BCUT2D eigenvalue weighted by atomic mass is 10.1. The van der Waals surface area contributed by atoms with Crippen molar-refractivity contribution in [3.63, 3.8) is 0 Å². The summed E-state index contributed by atoms with van der Waals surface area (Å²) in [4.78, 5) is 39.8. The van der Waals surface area contributed by atoms with E-state index >= 15 is 0 Å². The second-order valence-corrected chi connectivity index (χ2v) is 9.42. The van der Waals surface area contributed by atoms with Gasteiger partial charge >= 0.3 is 0 Å². The first kappa shape index (κ1) is 28.3. The average Bonchev–Trinajstić information content (AvgIpc) is 3.34. The van der Waals surface area contributed by atoms with Crippen LogP contribution >= 0.6 is 0 Å². The molecule has 3 amide bonds. The van der Waals surface area contributed by atoms with Gasteiger partial charge in [0.1, 0.15) is 5.75 Å². The molecule has 40 heavy (non-hydrogen) atoms. The summed E-state index contributed by atoms with van der Waals surface area (Å²) in [5.41, 5.74) is 9.54. The number of methoxy groups -OCH3 is 1. The zero-order valence-electron chi connectivity index (χ0n) is 23.1. The predicted molar refractivity (Wildman–Crippen MR) is 153 cm³/mol. The Labute approximate surface area is 233 Å². The molecule has 10 nitrogen and oxygen atoms in total. The Hall–Kier alpha value is -4.73. The van der Waals surface area contributed by atoms with Crippen molar-refractivity contribution < 1.29 is 28.6 Å². The minimum atomic E-state index is -0.531. The van der Waals surface area contributed by atoms with Crippen LogP contribution in [0.15, 0.2) is 60.7 Å². The molecule has 0 spiro atoms. The predicted octanol–water partition coefficient (Wildman–Crippen LogP) is 4.22. The molecule has 3 N–H and O–H groups in total. The molecule has 3 aromatic rings. The largest absolute Gasteiger partial charge is 0.494 e. The minimum Gasteiger partial charge on any atom is -0.494 e. The van der Waals surface area contributed by atoms with E-state index in [1.165, 1.54) is 7.11 Å². The van der Waals surface area contributed by atoms with E-state index in [-0.39, 0.29) is 43.0 Å². The SMILES string of the molecule is CCOc1ccc(NC(=O)COc2c(NNC(=O)[C@@H]3CC(=O)N(c4ccc(C)c(C)c4)C3)cccc2OC)cc1. The van der Waals surface area contributed by atoms with Crippen LogP contribution in [-0.2, 0) is 14.4 Å². The van der Waals surface area contributed by atoms with Gasteiger partial charge in [0.05, 0.1) is 25.3 Å². The first-order chi connectivity index (χ1) is 19.3. The van der Waals surface area contributed by atoms with Crippen molar-refractivity contribution in [3.05, 3.63) is 71.8 Å². The number of aryl methyl sites for hydroxylation is 2. The van der Waals surface area contributed by atoms with Crippen LogP contribution in [0.4, 0.5) is 17.1 Å². The lowest BCUT2D eigenvalue weighted by Crippen LogP contribution is -2.36. The fraction of sp³-hybridized carbons (Fsp3) is 0.300. The third-order valence-corrected chi connectivity index (χ3v) is 6.61. The van der Waals surface area contributed by atoms with Crippen molar-refractivity contribution >= 4 is 34.8 Å². The summed E-state index contributed by atoms with van der Waals surface area (Å²) < 4.78 is 16.6. The highest BCUT2D eigenvalue weighted by molar-refractivity contribution is 6.00. The number of benzene rings is 3. The summed E-state index contributed by atoms with van der Waals surface area (Å²) in [7, 11) is 1.48. The first-order valence-corrected chi connectivity index (χ1v) is 13.0. The number of carbonyl (C=O) groups excluding carboxylic acids is 3. The molecular weight excluding hydrogens is 512 g/mol. The molecule has 1 atom stereocenters. The summed E-state index contributed by atoms with van der Waals surface area (Å²) in [5.74, 6) is 0.00593. The van der Waals surface area contributed by atoms with E-state index in [1.54, 1.807) is 47.4 Å². The Balaban J connectivity index is 1.35. The Morgan fingerprint density at radius 2 is 1.77 bits per heavy atom. The molecule has 0 radical (unpaired) electrons. The van der Waals surface area contributed by atoms with Crippen molar-refractivity contribution in [1.82, 2.24) is 5.43 Å². The molecule has 3 aromatic carbocycles. The van der Waals surface area contributed by atoms with Crippen molar-refractivity contribution in [2.45, 2.75) is 27.2 Å². The minimum absolute atomic E-state index is 0.104. The molecule has 4 rings (SSSR count). The lowest BCUT2D eigenvalue weighted by Gasteiger charge is -2.19. The van der Waals surface area contributed by atoms with Crippen molar-refractivity contribution in [1.29, 1.82) is 0 Å². The summed E-state index contributed by atoms with van der Waals surface area (Å²) in [5, 5.41) is 2.77. The Morgan fingerprint density at radius 1 is 1.00 bits per heavy atom. The normalized spacial score (nSPS) is 14.4. The summed E-state index contributed by atoms with van der Waals surface area (Å²) >= 11 is 0. The van der Waals surface area contributed by atoms with Crippen molar-refractivity contribution in [3.8, 4) is 17.2 Å². The van der Waals surface area contributed by atoms with Gasteiger partial charge in [-0.1, -0.05) is 12.1 Å². The number of amides is 3. The zero-order valence-corrected chi connectivity index (χ0v) is 23.1. The number of nitrogens with zero attached hydrogens (tertiary/aromatic N) is 1. The number of hydrogen-bond donors (Lipinski definition) is 3. The molecule has 210 valence electrons. The average molecular weight is 547 g/mol. The quantitative estimate of drug-likeness (QED) is 0.308. The summed E-state index contributed by atoms with van der Waals surface area (Å²) in [6, 6.07) is 17.9. The number of anilines is 3. The second-order valence-electron chi connectivity index (χ2n) is 9.42. The van der Waals surface area contributed by atoms with E-state index < -0.39 is 5.92 Å². The highest BCUT2D eigenvalue weighted by Crippen LogP contribution is 2.35. The highest BCUT2D eigenvalue weighted by atomic mass is 16.5. The lowest BCUT2D eigenvalue weighted by molar-refractivity contribution is -0.125. The maximum absolute atomic E-state index is 13.0. The molecule has 1 fully saturated rings. The Bertz CT molecular complexity index is 1380. The van der Waals surface area contributed by atoms with E-state index in [0.717, 1.165) is 16.8 Å². The molecule has 1 aliphatic heterocycles. The van der Waals surface area contributed by atoms with E-state index in [1.807, 2.05) is 39.0 Å². The molecule has 0 bridgehead atoms. The smallest absolute Gasteiger partial charge is 0.262 e. The van der Waals surface area contributed by atoms with Gasteiger partial charge in [-0.2, -0.15) is 0 Å². The van der Waals surface area contributed by atoms with Crippen LogP contribution in [0.1, 0.15) is 24.5 Å². The molecule has 10 heteroatoms. The molecule has 0 unspecified atom stereocenters. The van der Waals surface area contributed by atoms with Crippen molar-refractivity contribution in [2.24, 2.45) is 5.92 Å². The van der Waals surface area contributed by atoms with Gasteiger partial charge in [0.25, 0.3) is 5.91 Å². The van der Waals surface area contributed by atoms with Crippen LogP contribution in [0.2, 0.25) is 0 Å². The van der Waals surface area contributed by atoms with Crippen LogP contribution in [0, 0.1) is 19.8 Å². The maximum atomic E-state index is 13.0. The van der Waals surface area contributed by atoms with Gasteiger partial charge in [-0.05, 0) is 80.4 Å². The first-order valence-electron chi connectivity index (χ1n) is 13.0. The number of ether oxygens (including phenoxy) is 3. The monoisotopic (exact) mass is 546 g/mol. The van der Waals surface area contributed by atoms with Crippen molar-refractivity contribution in [2.75, 3.05) is 42.5 Å². The number of hydrogen-bond acceptors (Lipinski definition) is 7. The van der Waals surface area contributed by atoms with Crippen LogP contribution in [0.5, 0.6) is 17.2 Å². The van der Waals surface area contributed by atoms with Crippen LogP contribution in [0.25, 0.3) is 0 Å². The molecule has 0 saturated carbocycles. The molecule has 0 aromatic heterocycles. The van der Waals surface area contributed by atoms with E-state index in [0.29, 0.717) is 29.5 Å². The molecule has 1 saturated heterocycles. The molecule has 1 aliphatic rings. The van der Waals surface area contributed by atoms with Crippen LogP contribution in [-0.4, -0.2) is 44.6 Å². The number of nitrogens with one attached hydrogen (secondary N) is 3. The Morgan fingerprint density at radius 3 is 2.48 bits per heavy atom. The Kier molecular flexibility index (Phi) is 9.11. The number of carbonyl (C=O) groups is 3. The van der Waals surface area contributed by atoms with Gasteiger partial charge in [-0.25, -0.2) is 0 Å². The van der Waals surface area contributed by atoms with Gasteiger partial charge in [-0.3, -0.25) is 25.2 Å². The fourth-order valence-corrected chi connectivity index (χ4v) is 4.32. The number of rotatable bonds is 11. The topological polar surface area (TPSA) is 118 Å². The summed E-state index contributed by atoms with van der Waals surface area (Å²) in [6.07, 6.45) is 0.105. The van der Waals surface area contributed by atoms with Gasteiger partial charge in [-0.15, -0.1) is 0 Å². The molecule has 0 aliphatic carbocycles. The second kappa shape index (κ2) is 12.9. The molecular formula is C30H34N4O6. The third kappa shape index (κ3) is 6.82. The van der Waals surface area contributed by atoms with Gasteiger partial charge in [0, 0.05) is 24.3 Å². The highest BCUT2D eigenvalue weighted by Gasteiger charge is 2.35. The van der Waals surface area contributed by atoms with E-state index in [2.05, 4.69) is 16.2 Å². The maximum Gasteiger partial charge on any atom is 0.262 e. The van der Waals surface area contributed by atoms with Gasteiger partial charge < -0.3 is 24.4 Å². The van der Waals surface area contributed by atoms with E-state index in [4.69, 9.17) is 14.2 Å². The fourth-order valence-electron chi connectivity index (χ4n) is 4.32. The molecule has 1 heterocycles. The summed E-state index contributed by atoms with van der Waals surface area (Å²) in [6.45, 7) is 6.44. The number of para-hydroxylation sites is 1. The standard InChI is InChI=1S/C30H34N4O6/c1-5-39-24-13-10-22(11-14-24)31-27(35)18-40-29-25(7-6-8-26(29)38-4)32-33-30(37)21-16-28(36)34(17-21)23-12-9-19(2)20(3)15-23/h6-15,21,32H,5,16-18H2,1-4H3,(H,31,35)(H,33,37)/t21-/m1/s1. The number of hydrazine groups is 1. The van der Waals surface area contributed by atoms with Gasteiger partial charge in [0.15, 0.2) is 18.1 Å². The zero-order chi connectivity index (χ0) is 28.6. The van der Waals surface area contributed by atoms with Crippen LogP contribution in [0.3, 0.4) is 0 Å². The van der Waals surface area contributed by atoms with Crippen LogP contribution < -0.4 is 35.3 Å². The van der Waals surface area contributed by atoms with E-state index in [9.17, 15) is 14.4 Å².